The second-order valence-electron chi connectivity index (χ2n) is 7.19. The Morgan fingerprint density at radius 1 is 1.36 bits per heavy atom. The predicted octanol–water partition coefficient (Wildman–Crippen LogP) is 0.00490. The molecule has 0 unspecified atom stereocenters. The van der Waals surface area contributed by atoms with E-state index in [9.17, 15) is 9.59 Å². The molecule has 0 spiro atoms. The smallest absolute Gasteiger partial charge is 0.324 e. The van der Waals surface area contributed by atoms with Gasteiger partial charge in [-0.25, -0.2) is 4.79 Å². The molecule has 1 N–H and O–H groups in total. The number of urea groups is 1. The van der Waals surface area contributed by atoms with Crippen LogP contribution in [0.2, 0.25) is 0 Å². The van der Waals surface area contributed by atoms with Crippen LogP contribution in [0.15, 0.2) is 4.52 Å². The number of aromatic nitrogens is 2. The minimum Gasteiger partial charge on any atom is -0.339 e. The number of likely N-dealkylation sites (tertiary alicyclic amines) is 1. The molecule has 0 radical (unpaired) electrons. The monoisotopic (exact) mass is 348 g/mol. The van der Waals surface area contributed by atoms with Gasteiger partial charge >= 0.3 is 6.03 Å². The first-order chi connectivity index (χ1) is 12.1. The van der Waals surface area contributed by atoms with Crippen molar-refractivity contribution in [3.05, 3.63) is 11.7 Å². The standard InChI is InChI=1S/C16H24N6O3/c1-20(9-13-18-15(25-19-13)11-2-3-11)12-4-6-21(8-12)10-14(23)22-7-5-17-16(22)24/h11-12H,2-10H2,1H3,(H,17,24)/t12-/m0/s1. The van der Waals surface area contributed by atoms with Crippen LogP contribution >= 0.6 is 0 Å². The number of nitrogens with one attached hydrogen (secondary N) is 1. The number of hydrogen-bond donors (Lipinski definition) is 1. The van der Waals surface area contributed by atoms with Crippen LogP contribution in [0.25, 0.3) is 0 Å². The number of carbonyl (C=O) groups excluding carboxylic acids is 2. The summed E-state index contributed by atoms with van der Waals surface area (Å²) in [5, 5.41) is 6.73. The van der Waals surface area contributed by atoms with E-state index in [4.69, 9.17) is 4.52 Å². The van der Waals surface area contributed by atoms with Crippen LogP contribution in [0.1, 0.15) is 36.9 Å². The first-order valence-corrected chi connectivity index (χ1v) is 8.93. The quantitative estimate of drug-likeness (QED) is 0.773. The maximum atomic E-state index is 12.2. The molecule has 2 aliphatic heterocycles. The molecule has 136 valence electrons. The molecule has 2 saturated heterocycles. The van der Waals surface area contributed by atoms with E-state index in [1.54, 1.807) is 0 Å². The molecular formula is C16H24N6O3. The Kier molecular flexibility index (Phi) is 4.43. The van der Waals surface area contributed by atoms with E-state index >= 15 is 0 Å². The van der Waals surface area contributed by atoms with Crippen molar-refractivity contribution in [3.8, 4) is 0 Å². The molecule has 3 fully saturated rings. The lowest BCUT2D eigenvalue weighted by atomic mass is 10.2. The zero-order chi connectivity index (χ0) is 17.4. The molecular weight excluding hydrogens is 324 g/mol. The maximum Gasteiger partial charge on any atom is 0.324 e. The second-order valence-corrected chi connectivity index (χ2v) is 7.19. The summed E-state index contributed by atoms with van der Waals surface area (Å²) in [6, 6.07) is 0.0736. The van der Waals surface area contributed by atoms with E-state index in [2.05, 4.69) is 32.3 Å². The molecule has 9 nitrogen and oxygen atoms in total. The molecule has 0 bridgehead atoms. The van der Waals surface area contributed by atoms with Gasteiger partial charge in [-0.1, -0.05) is 5.16 Å². The van der Waals surface area contributed by atoms with Gasteiger partial charge in [-0.2, -0.15) is 4.98 Å². The van der Waals surface area contributed by atoms with Crippen molar-refractivity contribution in [1.29, 1.82) is 0 Å². The Balaban J connectivity index is 1.26. The van der Waals surface area contributed by atoms with Gasteiger partial charge in [0.2, 0.25) is 11.8 Å². The number of likely N-dealkylation sites (N-methyl/N-ethyl adjacent to an activating group) is 1. The van der Waals surface area contributed by atoms with Crippen molar-refractivity contribution in [2.75, 3.05) is 39.8 Å². The fourth-order valence-corrected chi connectivity index (χ4v) is 3.48. The van der Waals surface area contributed by atoms with E-state index in [1.807, 2.05) is 0 Å². The van der Waals surface area contributed by atoms with Crippen LogP contribution in [0.3, 0.4) is 0 Å². The fourth-order valence-electron chi connectivity index (χ4n) is 3.48. The van der Waals surface area contributed by atoms with Crippen molar-refractivity contribution >= 4 is 11.9 Å². The normalized spacial score (nSPS) is 24.3. The Bertz CT molecular complexity index is 658. The van der Waals surface area contributed by atoms with E-state index in [0.717, 1.165) is 44.1 Å². The molecule has 3 heterocycles. The third-order valence-corrected chi connectivity index (χ3v) is 5.19. The van der Waals surface area contributed by atoms with Crippen LogP contribution in [-0.2, 0) is 11.3 Å². The van der Waals surface area contributed by atoms with Gasteiger partial charge in [-0.05, 0) is 26.3 Å². The van der Waals surface area contributed by atoms with Gasteiger partial charge in [0.1, 0.15) is 0 Å². The van der Waals surface area contributed by atoms with Crippen molar-refractivity contribution < 1.29 is 14.1 Å². The Hall–Kier alpha value is -2.00. The van der Waals surface area contributed by atoms with E-state index in [1.165, 1.54) is 4.90 Å². The van der Waals surface area contributed by atoms with Gasteiger partial charge in [0.05, 0.1) is 13.1 Å². The number of carbonyl (C=O) groups is 2. The van der Waals surface area contributed by atoms with Crippen LogP contribution < -0.4 is 5.32 Å². The number of nitrogens with zero attached hydrogens (tertiary/aromatic N) is 5. The third kappa shape index (κ3) is 3.67. The molecule has 1 aromatic heterocycles. The lowest BCUT2D eigenvalue weighted by Gasteiger charge is -2.23. The van der Waals surface area contributed by atoms with Crippen LogP contribution in [0.5, 0.6) is 0 Å². The molecule has 9 heteroatoms. The van der Waals surface area contributed by atoms with E-state index in [-0.39, 0.29) is 11.9 Å². The Morgan fingerprint density at radius 3 is 2.92 bits per heavy atom. The van der Waals surface area contributed by atoms with Crippen molar-refractivity contribution in [2.45, 2.75) is 37.8 Å². The van der Waals surface area contributed by atoms with Crippen LogP contribution in [0, 0.1) is 0 Å². The highest BCUT2D eigenvalue weighted by Gasteiger charge is 2.33. The van der Waals surface area contributed by atoms with Crippen LogP contribution in [-0.4, -0.2) is 82.6 Å². The van der Waals surface area contributed by atoms with E-state index < -0.39 is 0 Å². The number of hydrogen-bond acceptors (Lipinski definition) is 7. The van der Waals surface area contributed by atoms with Gasteiger partial charge in [-0.15, -0.1) is 0 Å². The van der Waals surface area contributed by atoms with Crippen LogP contribution in [0.4, 0.5) is 4.79 Å². The highest BCUT2D eigenvalue weighted by Crippen LogP contribution is 2.38. The number of rotatable bonds is 6. The highest BCUT2D eigenvalue weighted by molar-refractivity contribution is 5.96. The van der Waals surface area contributed by atoms with Gasteiger partial charge in [-0.3, -0.25) is 19.5 Å². The summed E-state index contributed by atoms with van der Waals surface area (Å²) in [6.45, 7) is 3.63. The summed E-state index contributed by atoms with van der Waals surface area (Å²) >= 11 is 0. The molecule has 1 atom stereocenters. The minimum atomic E-state index is -0.276. The molecule has 1 aliphatic carbocycles. The summed E-state index contributed by atoms with van der Waals surface area (Å²) < 4.78 is 5.31. The van der Waals surface area contributed by atoms with Crippen molar-refractivity contribution in [1.82, 2.24) is 30.2 Å². The van der Waals surface area contributed by atoms with Gasteiger partial charge < -0.3 is 9.84 Å². The SMILES string of the molecule is CN(Cc1noc(C2CC2)n1)[C@H]1CCN(CC(=O)N2CCNC2=O)C1. The lowest BCUT2D eigenvalue weighted by Crippen LogP contribution is -2.42. The zero-order valence-electron chi connectivity index (χ0n) is 14.5. The first kappa shape index (κ1) is 16.5. The predicted molar refractivity (Wildman–Crippen MR) is 87.7 cm³/mol. The number of imide groups is 1. The molecule has 1 saturated carbocycles. The van der Waals surface area contributed by atoms with Gasteiger partial charge in [0.25, 0.3) is 0 Å². The average Bonchev–Trinajstić information content (AvgIpc) is 2.98. The molecule has 3 aliphatic rings. The lowest BCUT2D eigenvalue weighted by molar-refractivity contribution is -0.128. The summed E-state index contributed by atoms with van der Waals surface area (Å²) in [5.74, 6) is 1.85. The van der Waals surface area contributed by atoms with Crippen molar-refractivity contribution in [3.63, 3.8) is 0 Å². The van der Waals surface area contributed by atoms with Gasteiger partial charge in [0.15, 0.2) is 5.82 Å². The summed E-state index contributed by atoms with van der Waals surface area (Å²) in [6.07, 6.45) is 3.29. The molecule has 25 heavy (non-hydrogen) atoms. The average molecular weight is 348 g/mol. The summed E-state index contributed by atoms with van der Waals surface area (Å²) in [7, 11) is 2.05. The summed E-state index contributed by atoms with van der Waals surface area (Å²) in [4.78, 5) is 33.9. The molecule has 4 rings (SSSR count). The highest BCUT2D eigenvalue weighted by atomic mass is 16.5. The number of amides is 3. The molecule has 1 aromatic rings. The molecule has 3 amide bonds. The minimum absolute atomic E-state index is 0.120. The topological polar surface area (TPSA) is 94.8 Å². The second kappa shape index (κ2) is 6.72. The first-order valence-electron chi connectivity index (χ1n) is 8.93. The Morgan fingerprint density at radius 2 is 2.20 bits per heavy atom. The zero-order valence-corrected chi connectivity index (χ0v) is 14.5. The van der Waals surface area contributed by atoms with Gasteiger partial charge in [0, 0.05) is 38.1 Å². The Labute approximate surface area is 146 Å². The largest absolute Gasteiger partial charge is 0.339 e. The fraction of sp³-hybridized carbons (Fsp3) is 0.750. The third-order valence-electron chi connectivity index (χ3n) is 5.19. The summed E-state index contributed by atoms with van der Waals surface area (Å²) in [5.41, 5.74) is 0. The van der Waals surface area contributed by atoms with Crippen molar-refractivity contribution in [2.24, 2.45) is 0 Å². The van der Waals surface area contributed by atoms with E-state index in [0.29, 0.717) is 38.1 Å². The maximum absolute atomic E-state index is 12.2. The molecule has 0 aromatic carbocycles.